The number of ether oxygens (including phenoxy) is 2. The molecule has 6 heterocycles. The van der Waals surface area contributed by atoms with Crippen LogP contribution in [0.2, 0.25) is 0 Å². The zero-order valence-corrected chi connectivity index (χ0v) is 60.1. The summed E-state index contributed by atoms with van der Waals surface area (Å²) in [5.41, 5.74) is 7.94. The van der Waals surface area contributed by atoms with Crippen LogP contribution in [-0.4, -0.2) is 206 Å². The number of aromatic nitrogens is 8. The van der Waals surface area contributed by atoms with E-state index >= 15 is 0 Å². The fraction of sp³-hybridized carbons (Fsp3) is 0.667. The Labute approximate surface area is 577 Å². The molecule has 16 unspecified atom stereocenters. The Kier molecular flexibility index (Phi) is 30.7. The average Bonchev–Trinajstić information content (AvgIpc) is 1.63. The van der Waals surface area contributed by atoms with E-state index in [-0.39, 0.29) is 103 Å². The Balaban J connectivity index is 0.0000170. The number of phosphoric acid groups is 6. The first-order valence-corrected chi connectivity index (χ1v) is 38.6. The molecule has 0 radical (unpaired) electrons. The van der Waals surface area contributed by atoms with Crippen molar-refractivity contribution in [1.82, 2.24) is 60.3 Å². The number of anilines is 2. The summed E-state index contributed by atoms with van der Waals surface area (Å²) in [5.74, 6) is -2.66. The van der Waals surface area contributed by atoms with Gasteiger partial charge in [-0.05, 0) is 0 Å². The molecule has 4 aromatic heterocycles. The molecule has 4 aromatic rings. The standard InChI is InChI=1S/C42H70N14O32P6S2.Na/c1-41(2,15-81-93(75,76)87-91(71,72)79-13-21-29(85-89(65,66)67)27(59)39(83-21)55-19-53-25-33(43)49-17-51-35(25)55)31(61)37(63)47-7-5-23(57)45-9-11-95-96-12-10-46-24(58)6-8-48-38(64)32(62)42(3,4)16-82-94(77,78)88-92(73,74)80-14-22-30(86-90(68,69)70)28(60)40(84-22)56-20-54-26-34(44)50-18-52-36(26)56;/h17-22,27-32,39-40,59-62H,5-16H2,1-4H3,(H,45,57)(H,46,58)(H,47,63)(H,48,64)(H,71,72)(H,73,74)(H,75,76)(H,77,78)(H2,43,49,51)(H2,44,50,52)(H2,65,66,67)(H2,68,69,70);/q;+1/p-6. The van der Waals surface area contributed by atoms with Gasteiger partial charge < -0.3 is 129 Å². The van der Waals surface area contributed by atoms with Gasteiger partial charge in [0.2, 0.25) is 23.6 Å². The number of phosphoric ester groups is 6. The van der Waals surface area contributed by atoms with Crippen LogP contribution in [0.15, 0.2) is 25.3 Å². The number of amides is 4. The SMILES string of the molecule is CC(C)(COP(=O)([O-])OP(=O)([O-])OCC1OC(n2cnc3c(N)ncnc32)C(O)C1OP(=O)([O-])O)C(O)C(=O)NCCC(=O)NCCSSCCNC(=O)CCNC(=O)C(O)C(C)(C)COP(=O)([O-])OP(=O)([O-])OCC1OC(n2cnc3c(N)ncnc32)C(O)C1OP(=O)([O-])O.[Na+]. The van der Waals surface area contributed by atoms with Crippen molar-refractivity contribution in [3.8, 4) is 0 Å². The van der Waals surface area contributed by atoms with Crippen molar-refractivity contribution in [3.05, 3.63) is 25.3 Å². The minimum atomic E-state index is -5.98. The fourth-order valence-corrected chi connectivity index (χ4v) is 15.7. The summed E-state index contributed by atoms with van der Waals surface area (Å²) < 4.78 is 122. The van der Waals surface area contributed by atoms with E-state index < -0.39 is 169 Å². The molecule has 2 saturated heterocycles. The number of carbonyl (C=O) groups excluding carboxylic acids is 4. The number of aliphatic hydroxyl groups is 4. The zero-order chi connectivity index (χ0) is 71.6. The molecule has 6 rings (SSSR count). The maximum Gasteiger partial charge on any atom is 1.00 e. The van der Waals surface area contributed by atoms with Gasteiger partial charge in [-0.2, -0.15) is 0 Å². The van der Waals surface area contributed by atoms with Crippen LogP contribution in [0.5, 0.6) is 0 Å². The first-order valence-electron chi connectivity index (χ1n) is 27.3. The summed E-state index contributed by atoms with van der Waals surface area (Å²) in [4.78, 5) is 166. The van der Waals surface area contributed by atoms with Gasteiger partial charge in [-0.3, -0.25) is 55.7 Å². The number of fused-ring (bicyclic) bond motifs is 2. The third-order valence-corrected chi connectivity index (χ3v) is 21.7. The van der Waals surface area contributed by atoms with Gasteiger partial charge in [0.05, 0.1) is 39.1 Å². The number of nitrogens with zero attached hydrogens (tertiary/aromatic N) is 8. The van der Waals surface area contributed by atoms with E-state index in [1.54, 1.807) is 0 Å². The Bertz CT molecular complexity index is 3460. The quantitative estimate of drug-likeness (QED) is 0.00854. The van der Waals surface area contributed by atoms with Gasteiger partial charge in [-0.25, -0.2) is 38.5 Å². The molecule has 16 atom stereocenters. The van der Waals surface area contributed by atoms with Gasteiger partial charge >= 0.3 is 29.6 Å². The van der Waals surface area contributed by atoms with Crippen LogP contribution in [0.1, 0.15) is 53.0 Å². The van der Waals surface area contributed by atoms with E-state index in [0.717, 1.165) is 62.1 Å². The van der Waals surface area contributed by atoms with Crippen LogP contribution in [0.25, 0.3) is 22.3 Å². The van der Waals surface area contributed by atoms with E-state index in [0.29, 0.717) is 11.5 Å². The molecule has 0 aliphatic carbocycles. The van der Waals surface area contributed by atoms with Crippen molar-refractivity contribution >= 4 is 126 Å². The second-order valence-corrected chi connectivity index (χ2v) is 32.6. The number of hydrogen-bond acceptors (Lipinski definition) is 40. The van der Waals surface area contributed by atoms with Crippen LogP contribution in [-0.2, 0) is 91.8 Å². The fourth-order valence-electron chi connectivity index (χ4n) is 8.43. The Hall–Kier alpha value is -3.22. The van der Waals surface area contributed by atoms with Crippen LogP contribution in [0.4, 0.5) is 11.6 Å². The molecule has 4 amide bonds. The summed E-state index contributed by atoms with van der Waals surface area (Å²) in [5, 5.41) is 52.9. The molecule has 0 spiro atoms. The van der Waals surface area contributed by atoms with Crippen LogP contribution >= 0.6 is 68.5 Å². The van der Waals surface area contributed by atoms with Crippen LogP contribution < -0.4 is 91.7 Å². The Morgan fingerprint density at radius 2 is 0.918 bits per heavy atom. The van der Waals surface area contributed by atoms with E-state index in [4.69, 9.17) is 20.9 Å². The summed E-state index contributed by atoms with van der Waals surface area (Å²) >= 11 is 0. The van der Waals surface area contributed by atoms with Crippen LogP contribution in [0.3, 0.4) is 0 Å². The van der Waals surface area contributed by atoms with Gasteiger partial charge in [0.15, 0.2) is 35.4 Å². The van der Waals surface area contributed by atoms with Crippen molar-refractivity contribution in [2.45, 2.75) is 102 Å². The molecule has 2 fully saturated rings. The average molecular weight is 1550 g/mol. The van der Waals surface area contributed by atoms with Gasteiger partial charge in [0.25, 0.3) is 46.9 Å². The maximum atomic E-state index is 12.7. The predicted molar refractivity (Wildman–Crippen MR) is 311 cm³/mol. The van der Waals surface area contributed by atoms with E-state index in [2.05, 4.69) is 86.9 Å². The summed E-state index contributed by atoms with van der Waals surface area (Å²) in [6, 6.07) is 0. The maximum absolute atomic E-state index is 12.7. The number of aliphatic hydroxyl groups excluding tert-OH is 4. The first kappa shape index (κ1) is 84.4. The molecule has 0 bridgehead atoms. The van der Waals surface area contributed by atoms with E-state index in [1.807, 2.05) is 0 Å². The molecule has 0 saturated carbocycles. The normalized spacial score (nSPS) is 24.3. The predicted octanol–water partition coefficient (Wildman–Crippen LogP) is -9.58. The van der Waals surface area contributed by atoms with Gasteiger partial charge in [0.1, 0.15) is 72.5 Å². The zero-order valence-electron chi connectivity index (χ0n) is 51.1. The molecule has 2 aliphatic heterocycles. The molecule has 55 heteroatoms. The molecular weight excluding hydrogens is 1490 g/mol. The number of hydrogen-bond donors (Lipinski definition) is 12. The first-order chi connectivity index (χ1) is 44.4. The number of rotatable bonds is 39. The van der Waals surface area contributed by atoms with Gasteiger partial charge in [-0.1, -0.05) is 49.3 Å². The molecular formula is C42H64N14NaO32P6S2-5. The number of imidazole rings is 2. The van der Waals surface area contributed by atoms with Crippen molar-refractivity contribution in [1.29, 1.82) is 0 Å². The summed E-state index contributed by atoms with van der Waals surface area (Å²) in [6.07, 6.45) is -15.6. The Morgan fingerprint density at radius 1 is 0.577 bits per heavy atom. The molecule has 97 heavy (non-hydrogen) atoms. The van der Waals surface area contributed by atoms with Crippen LogP contribution in [0, 0.1) is 10.8 Å². The third kappa shape index (κ3) is 25.3. The number of nitrogens with one attached hydrogen (secondary N) is 4. The molecule has 46 nitrogen and oxygen atoms in total. The van der Waals surface area contributed by atoms with E-state index in [9.17, 15) is 106 Å². The Morgan fingerprint density at radius 3 is 1.26 bits per heavy atom. The van der Waals surface area contributed by atoms with Crippen molar-refractivity contribution < 1.29 is 181 Å². The molecule has 0 aromatic carbocycles. The minimum Gasteiger partial charge on any atom is -0.756 e. The molecule has 2 aliphatic rings. The number of nitrogen functional groups attached to an aromatic ring is 2. The second-order valence-electron chi connectivity index (χ2n) is 21.7. The van der Waals surface area contributed by atoms with Gasteiger partial charge in [0, 0.05) is 61.4 Å². The van der Waals surface area contributed by atoms with Crippen molar-refractivity contribution in [2.75, 3.05) is 75.6 Å². The van der Waals surface area contributed by atoms with Crippen molar-refractivity contribution in [2.24, 2.45) is 10.8 Å². The molecule has 542 valence electrons. The number of nitrogens with two attached hydrogens (primary N) is 2. The number of carbonyl (C=O) groups is 4. The monoisotopic (exact) mass is 1550 g/mol. The smallest absolute Gasteiger partial charge is 0.756 e. The third-order valence-electron chi connectivity index (χ3n) is 13.2. The second kappa shape index (κ2) is 35.3. The van der Waals surface area contributed by atoms with E-state index in [1.165, 1.54) is 21.6 Å². The summed E-state index contributed by atoms with van der Waals surface area (Å²) in [7, 11) is -32.5. The summed E-state index contributed by atoms with van der Waals surface area (Å²) in [6.45, 7) is -0.393. The largest absolute Gasteiger partial charge is 1.00 e. The van der Waals surface area contributed by atoms with Gasteiger partial charge in [-0.15, -0.1) is 0 Å². The van der Waals surface area contributed by atoms with Crippen molar-refractivity contribution in [3.63, 3.8) is 0 Å². The molecule has 14 N–H and O–H groups in total. The minimum absolute atomic E-state index is 0. The topological polar surface area (TPSA) is 710 Å².